The molecule has 1 aliphatic rings. The summed E-state index contributed by atoms with van der Waals surface area (Å²) >= 11 is 0. The van der Waals surface area contributed by atoms with Crippen LogP contribution in [0, 0.1) is 15.9 Å². The van der Waals surface area contributed by atoms with E-state index in [-0.39, 0.29) is 24.1 Å². The van der Waals surface area contributed by atoms with E-state index in [0.717, 1.165) is 31.9 Å². The van der Waals surface area contributed by atoms with Gasteiger partial charge in [0.2, 0.25) is 0 Å². The first-order valence-corrected chi connectivity index (χ1v) is 5.80. The monoisotopic (exact) mass is 274 g/mol. The molecule has 1 aromatic carbocycles. The summed E-state index contributed by atoms with van der Waals surface area (Å²) in [5.41, 5.74) is 0.391. The van der Waals surface area contributed by atoms with E-state index in [1.165, 1.54) is 12.1 Å². The van der Waals surface area contributed by atoms with Gasteiger partial charge in [-0.25, -0.2) is 4.39 Å². The molecule has 0 aliphatic carbocycles. The Labute approximate surface area is 111 Å². The van der Waals surface area contributed by atoms with Crippen molar-refractivity contribution in [3.05, 3.63) is 34.1 Å². The molecule has 1 aliphatic heterocycles. The Balaban J connectivity index is 0.00000162. The van der Waals surface area contributed by atoms with Crippen LogP contribution in [0.15, 0.2) is 18.2 Å². The molecule has 6 heteroatoms. The van der Waals surface area contributed by atoms with Gasteiger partial charge in [0.05, 0.1) is 11.0 Å². The molecule has 18 heavy (non-hydrogen) atoms. The lowest BCUT2D eigenvalue weighted by atomic mass is 10.0. The Hall–Kier alpha value is -1.36. The first kappa shape index (κ1) is 14.7. The third kappa shape index (κ3) is 2.90. The molecular weight excluding hydrogens is 259 g/mol. The smallest absolute Gasteiger partial charge is 0.295 e. The molecule has 1 unspecified atom stereocenters. The van der Waals surface area contributed by atoms with Gasteiger partial charge >= 0.3 is 0 Å². The highest BCUT2D eigenvalue weighted by molar-refractivity contribution is 5.85. The van der Waals surface area contributed by atoms with E-state index in [9.17, 15) is 14.5 Å². The molecule has 1 atom stereocenters. The number of benzene rings is 1. The summed E-state index contributed by atoms with van der Waals surface area (Å²) < 4.78 is 13.0. The summed E-state index contributed by atoms with van der Waals surface area (Å²) in [4.78, 5) is 12.4. The standard InChI is InChI=1S/C12H15FN2O2.ClH/c1-9-4-2-3-7-14(9)11-6-5-10(13)8-12(11)15(16)17;/h5-6,8-9H,2-4,7H2,1H3;1H. The predicted octanol–water partition coefficient (Wildman–Crippen LogP) is 3.53. The average Bonchev–Trinajstić information content (AvgIpc) is 2.30. The molecule has 1 saturated heterocycles. The Morgan fingerprint density at radius 2 is 2.17 bits per heavy atom. The van der Waals surface area contributed by atoms with E-state index in [4.69, 9.17) is 0 Å². The SMILES string of the molecule is CC1CCCCN1c1ccc(F)cc1[N+](=O)[O-].Cl. The van der Waals surface area contributed by atoms with Crippen molar-refractivity contribution in [2.24, 2.45) is 0 Å². The lowest BCUT2D eigenvalue weighted by Gasteiger charge is -2.34. The minimum Gasteiger partial charge on any atom is -0.363 e. The van der Waals surface area contributed by atoms with Gasteiger partial charge in [0, 0.05) is 12.6 Å². The number of anilines is 1. The fraction of sp³-hybridized carbons (Fsp3) is 0.500. The molecule has 100 valence electrons. The Kier molecular flexibility index (Phi) is 4.90. The van der Waals surface area contributed by atoms with Crippen molar-refractivity contribution in [3.8, 4) is 0 Å². The van der Waals surface area contributed by atoms with E-state index < -0.39 is 10.7 Å². The topological polar surface area (TPSA) is 46.4 Å². The maximum absolute atomic E-state index is 13.0. The molecule has 0 saturated carbocycles. The van der Waals surface area contributed by atoms with Crippen LogP contribution in [0.5, 0.6) is 0 Å². The van der Waals surface area contributed by atoms with Crippen LogP contribution < -0.4 is 4.90 Å². The van der Waals surface area contributed by atoms with Crippen LogP contribution in [0.1, 0.15) is 26.2 Å². The predicted molar refractivity (Wildman–Crippen MR) is 71.0 cm³/mol. The number of hydrogen-bond donors (Lipinski definition) is 0. The maximum atomic E-state index is 13.0. The molecule has 0 aromatic heterocycles. The number of piperidine rings is 1. The fourth-order valence-corrected chi connectivity index (χ4v) is 2.34. The number of halogens is 2. The zero-order valence-electron chi connectivity index (χ0n) is 10.1. The Bertz CT molecular complexity index is 442. The van der Waals surface area contributed by atoms with E-state index in [2.05, 4.69) is 0 Å². The van der Waals surface area contributed by atoms with Gasteiger partial charge in [0.15, 0.2) is 0 Å². The van der Waals surface area contributed by atoms with Crippen LogP contribution in [0.4, 0.5) is 15.8 Å². The molecule has 0 N–H and O–H groups in total. The Morgan fingerprint density at radius 1 is 1.44 bits per heavy atom. The van der Waals surface area contributed by atoms with E-state index in [0.29, 0.717) is 5.69 Å². The second-order valence-electron chi connectivity index (χ2n) is 4.43. The molecular formula is C12H16ClFN2O2. The molecule has 4 nitrogen and oxygen atoms in total. The summed E-state index contributed by atoms with van der Waals surface area (Å²) in [6.45, 7) is 2.85. The first-order chi connectivity index (χ1) is 8.09. The van der Waals surface area contributed by atoms with Crippen molar-refractivity contribution in [2.75, 3.05) is 11.4 Å². The molecule has 0 bridgehead atoms. The number of nitro groups is 1. The largest absolute Gasteiger partial charge is 0.363 e. The highest BCUT2D eigenvalue weighted by Crippen LogP contribution is 2.33. The summed E-state index contributed by atoms with van der Waals surface area (Å²) in [5.74, 6) is -0.565. The lowest BCUT2D eigenvalue weighted by Crippen LogP contribution is -2.37. The second kappa shape index (κ2) is 6.00. The van der Waals surface area contributed by atoms with Gasteiger partial charge in [-0.3, -0.25) is 10.1 Å². The van der Waals surface area contributed by atoms with E-state index in [1.807, 2.05) is 11.8 Å². The van der Waals surface area contributed by atoms with Crippen LogP contribution in [-0.4, -0.2) is 17.5 Å². The quantitative estimate of drug-likeness (QED) is 0.612. The molecule has 0 spiro atoms. The average molecular weight is 275 g/mol. The van der Waals surface area contributed by atoms with Gasteiger partial charge in [-0.05, 0) is 38.3 Å². The van der Waals surface area contributed by atoms with Gasteiger partial charge in [0.1, 0.15) is 11.5 Å². The minimum atomic E-state index is -0.565. The number of nitrogens with zero attached hydrogens (tertiary/aromatic N) is 2. The highest BCUT2D eigenvalue weighted by Gasteiger charge is 2.25. The zero-order chi connectivity index (χ0) is 12.4. The van der Waals surface area contributed by atoms with Crippen LogP contribution >= 0.6 is 12.4 Å². The lowest BCUT2D eigenvalue weighted by molar-refractivity contribution is -0.384. The second-order valence-corrected chi connectivity index (χ2v) is 4.43. The van der Waals surface area contributed by atoms with Crippen molar-refractivity contribution in [2.45, 2.75) is 32.2 Å². The van der Waals surface area contributed by atoms with Gasteiger partial charge in [-0.2, -0.15) is 0 Å². The summed E-state index contributed by atoms with van der Waals surface area (Å²) in [7, 11) is 0. The molecule has 0 amide bonds. The number of nitro benzene ring substituents is 1. The molecule has 0 radical (unpaired) electrons. The first-order valence-electron chi connectivity index (χ1n) is 5.80. The van der Waals surface area contributed by atoms with Gasteiger partial charge in [-0.15, -0.1) is 12.4 Å². The zero-order valence-corrected chi connectivity index (χ0v) is 11.0. The summed E-state index contributed by atoms with van der Waals surface area (Å²) in [6.07, 6.45) is 3.19. The van der Waals surface area contributed by atoms with Crippen molar-refractivity contribution < 1.29 is 9.31 Å². The van der Waals surface area contributed by atoms with Crippen LogP contribution in [0.2, 0.25) is 0 Å². The fourth-order valence-electron chi connectivity index (χ4n) is 2.34. The molecule has 1 heterocycles. The normalized spacial score (nSPS) is 19.2. The minimum absolute atomic E-state index is 0. The number of rotatable bonds is 2. The maximum Gasteiger partial charge on any atom is 0.295 e. The number of hydrogen-bond acceptors (Lipinski definition) is 3. The van der Waals surface area contributed by atoms with Crippen molar-refractivity contribution in [1.29, 1.82) is 0 Å². The van der Waals surface area contributed by atoms with Crippen LogP contribution in [0.25, 0.3) is 0 Å². The van der Waals surface area contributed by atoms with Gasteiger partial charge < -0.3 is 4.90 Å². The summed E-state index contributed by atoms with van der Waals surface area (Å²) in [6, 6.07) is 4.06. The molecule has 1 fully saturated rings. The summed E-state index contributed by atoms with van der Waals surface area (Å²) in [5, 5.41) is 10.9. The Morgan fingerprint density at radius 3 is 2.78 bits per heavy atom. The molecule has 2 rings (SSSR count). The molecule has 1 aromatic rings. The third-order valence-corrected chi connectivity index (χ3v) is 3.25. The van der Waals surface area contributed by atoms with Gasteiger partial charge in [0.25, 0.3) is 5.69 Å². The van der Waals surface area contributed by atoms with E-state index in [1.54, 1.807) is 0 Å². The van der Waals surface area contributed by atoms with Crippen molar-refractivity contribution >= 4 is 23.8 Å². The van der Waals surface area contributed by atoms with Gasteiger partial charge in [-0.1, -0.05) is 0 Å². The van der Waals surface area contributed by atoms with Crippen molar-refractivity contribution in [1.82, 2.24) is 0 Å². The van der Waals surface area contributed by atoms with E-state index >= 15 is 0 Å². The van der Waals surface area contributed by atoms with Crippen LogP contribution in [0.3, 0.4) is 0 Å². The van der Waals surface area contributed by atoms with Crippen LogP contribution in [-0.2, 0) is 0 Å². The highest BCUT2D eigenvalue weighted by atomic mass is 35.5. The third-order valence-electron chi connectivity index (χ3n) is 3.25. The van der Waals surface area contributed by atoms with Crippen molar-refractivity contribution in [3.63, 3.8) is 0 Å².